The van der Waals surface area contributed by atoms with Gasteiger partial charge in [-0.05, 0) is 73.2 Å². The Hall–Kier alpha value is -4.92. The minimum Gasteiger partial charge on any atom is -0.378 e. The quantitative estimate of drug-likeness (QED) is 0.177. The number of nitrogens with two attached hydrogens (primary N) is 2. The molecular weight excluding hydrogens is 452 g/mol. The Morgan fingerprint density at radius 1 is 0.861 bits per heavy atom. The lowest BCUT2D eigenvalue weighted by Gasteiger charge is -2.15. The smallest absolute Gasteiger partial charge is 0.255 e. The molecule has 3 aromatic carbocycles. The van der Waals surface area contributed by atoms with Gasteiger partial charge in [-0.2, -0.15) is 5.10 Å². The monoisotopic (exact) mass is 480 g/mol. The van der Waals surface area contributed by atoms with E-state index in [1.54, 1.807) is 37.4 Å². The van der Waals surface area contributed by atoms with E-state index in [4.69, 9.17) is 11.5 Å². The van der Waals surface area contributed by atoms with Gasteiger partial charge in [0.05, 0.1) is 11.2 Å². The van der Waals surface area contributed by atoms with Crippen LogP contribution in [-0.2, 0) is 0 Å². The first kappa shape index (κ1) is 24.2. The lowest BCUT2D eigenvalue weighted by molar-refractivity contribution is 0.102. The maximum atomic E-state index is 12.7. The highest BCUT2D eigenvalue weighted by atomic mass is 16.1. The highest BCUT2D eigenvalue weighted by Gasteiger charge is 2.08. The van der Waals surface area contributed by atoms with Crippen molar-refractivity contribution >= 4 is 51.2 Å². The summed E-state index contributed by atoms with van der Waals surface area (Å²) in [5.41, 5.74) is 17.1. The molecule has 4 rings (SSSR count). The summed E-state index contributed by atoms with van der Waals surface area (Å²) in [6, 6.07) is 22.7. The number of fused-ring (bicyclic) bond motifs is 1. The molecule has 0 aliphatic rings. The second-order valence-corrected chi connectivity index (χ2v) is 8.40. The first-order valence-corrected chi connectivity index (χ1v) is 11.3. The van der Waals surface area contributed by atoms with Gasteiger partial charge in [0.1, 0.15) is 0 Å². The fourth-order valence-electron chi connectivity index (χ4n) is 3.57. The molecule has 0 aliphatic heterocycles. The van der Waals surface area contributed by atoms with E-state index in [1.807, 2.05) is 56.6 Å². The molecule has 1 amide bonds. The van der Waals surface area contributed by atoms with E-state index in [0.29, 0.717) is 17.0 Å². The van der Waals surface area contributed by atoms with Crippen LogP contribution in [0, 0.1) is 0 Å². The zero-order chi connectivity index (χ0) is 25.7. The zero-order valence-corrected chi connectivity index (χ0v) is 20.4. The molecule has 0 atom stereocenters. The summed E-state index contributed by atoms with van der Waals surface area (Å²) < 4.78 is 0. The third-order valence-electron chi connectivity index (χ3n) is 5.54. The van der Waals surface area contributed by atoms with Crippen molar-refractivity contribution in [1.29, 1.82) is 0 Å². The second kappa shape index (κ2) is 10.6. The van der Waals surface area contributed by atoms with Crippen molar-refractivity contribution in [3.63, 3.8) is 0 Å². The van der Waals surface area contributed by atoms with Crippen LogP contribution in [0.3, 0.4) is 0 Å². The molecule has 0 saturated heterocycles. The summed E-state index contributed by atoms with van der Waals surface area (Å²) in [6.45, 7) is 1.78. The fraction of sp³-hybridized carbons (Fsp3) is 0.111. The third-order valence-corrected chi connectivity index (χ3v) is 5.54. The van der Waals surface area contributed by atoms with Crippen LogP contribution in [0.2, 0.25) is 0 Å². The van der Waals surface area contributed by atoms with Crippen molar-refractivity contribution in [1.82, 2.24) is 4.98 Å². The van der Waals surface area contributed by atoms with Crippen LogP contribution in [0.4, 0.5) is 22.7 Å². The lowest BCUT2D eigenvalue weighted by atomic mass is 10.1. The van der Waals surface area contributed by atoms with Gasteiger partial charge in [-0.25, -0.2) is 0 Å². The first-order chi connectivity index (χ1) is 17.3. The maximum Gasteiger partial charge on any atom is 0.255 e. The number of amides is 1. The van der Waals surface area contributed by atoms with Crippen molar-refractivity contribution in [2.75, 3.05) is 29.6 Å². The molecule has 6 N–H and O–H groups in total. The third kappa shape index (κ3) is 5.76. The highest BCUT2D eigenvalue weighted by molar-refractivity contribution is 6.05. The van der Waals surface area contributed by atoms with E-state index >= 15 is 0 Å². The van der Waals surface area contributed by atoms with Crippen molar-refractivity contribution in [2.45, 2.75) is 6.92 Å². The van der Waals surface area contributed by atoms with Gasteiger partial charge in [-0.3, -0.25) is 9.78 Å². The molecule has 1 aromatic heterocycles. The van der Waals surface area contributed by atoms with Crippen LogP contribution < -0.4 is 27.0 Å². The number of nitrogens with zero attached hydrogens (tertiary/aromatic N) is 4. The van der Waals surface area contributed by atoms with Gasteiger partial charge in [0.15, 0.2) is 0 Å². The molecule has 0 unspecified atom stereocenters. The first-order valence-electron chi connectivity index (χ1n) is 11.3. The number of benzene rings is 3. The van der Waals surface area contributed by atoms with E-state index in [9.17, 15) is 4.79 Å². The Bertz CT molecular complexity index is 1440. The average Bonchev–Trinajstić information content (AvgIpc) is 2.88. The van der Waals surface area contributed by atoms with Crippen molar-refractivity contribution in [3.05, 3.63) is 90.1 Å². The van der Waals surface area contributed by atoms with Crippen LogP contribution >= 0.6 is 0 Å². The van der Waals surface area contributed by atoms with Crippen molar-refractivity contribution in [2.24, 2.45) is 21.7 Å². The number of aromatic nitrogens is 1. The van der Waals surface area contributed by atoms with Gasteiger partial charge in [0.2, 0.25) is 5.96 Å². The van der Waals surface area contributed by atoms with E-state index in [2.05, 4.69) is 36.8 Å². The number of pyridine rings is 1. The number of anilines is 4. The molecule has 0 fully saturated rings. The van der Waals surface area contributed by atoms with Gasteiger partial charge < -0.3 is 27.0 Å². The molecule has 0 saturated carbocycles. The zero-order valence-electron chi connectivity index (χ0n) is 20.4. The van der Waals surface area contributed by atoms with Crippen LogP contribution in [-0.4, -0.2) is 36.7 Å². The van der Waals surface area contributed by atoms with Gasteiger partial charge in [-0.15, -0.1) is 5.10 Å². The Balaban J connectivity index is 1.44. The Morgan fingerprint density at radius 3 is 2.19 bits per heavy atom. The number of guanidine groups is 1. The van der Waals surface area contributed by atoms with Crippen LogP contribution in [0.25, 0.3) is 10.9 Å². The summed E-state index contributed by atoms with van der Waals surface area (Å²) >= 11 is 0. The number of hydrogen-bond donors (Lipinski definition) is 4. The maximum absolute atomic E-state index is 12.7. The summed E-state index contributed by atoms with van der Waals surface area (Å²) in [4.78, 5) is 19.2. The molecule has 9 nitrogen and oxygen atoms in total. The Kier molecular flexibility index (Phi) is 7.10. The molecule has 0 radical (unpaired) electrons. The van der Waals surface area contributed by atoms with Gasteiger partial charge in [-0.1, -0.05) is 12.1 Å². The fourth-order valence-corrected chi connectivity index (χ4v) is 3.57. The number of rotatable bonds is 7. The number of hydrogen-bond acceptors (Lipinski definition) is 6. The normalized spacial score (nSPS) is 11.1. The molecule has 1 heterocycles. The topological polar surface area (TPSA) is 134 Å². The molecule has 0 aliphatic carbocycles. The molecule has 182 valence electrons. The average molecular weight is 481 g/mol. The van der Waals surface area contributed by atoms with Gasteiger partial charge in [0.25, 0.3) is 5.91 Å². The van der Waals surface area contributed by atoms with E-state index < -0.39 is 0 Å². The lowest BCUT2D eigenvalue weighted by Crippen LogP contribution is -2.22. The van der Waals surface area contributed by atoms with E-state index in [0.717, 1.165) is 33.5 Å². The van der Waals surface area contributed by atoms with Crippen LogP contribution in [0.15, 0.2) is 89.2 Å². The van der Waals surface area contributed by atoms with Gasteiger partial charge >= 0.3 is 0 Å². The molecule has 36 heavy (non-hydrogen) atoms. The van der Waals surface area contributed by atoms with Crippen molar-refractivity contribution in [3.8, 4) is 0 Å². The minimum absolute atomic E-state index is 0.112. The predicted octanol–water partition coefficient (Wildman–Crippen LogP) is 4.29. The van der Waals surface area contributed by atoms with Crippen molar-refractivity contribution < 1.29 is 4.79 Å². The SMILES string of the molecule is CC(=NN=C(N)N)c1ccc(C(=O)Nc2ccc(Nc3ccnc4ccc(N(C)C)cc34)cc2)cc1. The standard InChI is InChI=1S/C27H28N8O/c1-17(33-34-27(28)29)18-4-6-19(7-5-18)26(36)32-21-10-8-20(9-11-21)31-25-14-15-30-24-13-12-22(35(2)3)16-23(24)25/h4-16H,1-3H3,(H,30,31)(H,32,36)(H4,28,29,34). The molecule has 0 bridgehead atoms. The number of nitrogens with one attached hydrogen (secondary N) is 2. The Labute approximate surface area is 209 Å². The molecule has 0 spiro atoms. The number of carbonyl (C=O) groups excluding carboxylic acids is 1. The van der Waals surface area contributed by atoms with Gasteiger partial charge in [0, 0.05) is 54.0 Å². The Morgan fingerprint density at radius 2 is 1.53 bits per heavy atom. The number of carbonyl (C=O) groups is 1. The predicted molar refractivity (Wildman–Crippen MR) is 148 cm³/mol. The second-order valence-electron chi connectivity index (χ2n) is 8.40. The van der Waals surface area contributed by atoms with E-state index in [1.165, 1.54) is 0 Å². The van der Waals surface area contributed by atoms with Crippen LogP contribution in [0.1, 0.15) is 22.8 Å². The molecule has 4 aromatic rings. The van der Waals surface area contributed by atoms with E-state index in [-0.39, 0.29) is 11.9 Å². The highest BCUT2D eigenvalue weighted by Crippen LogP contribution is 2.29. The molecule has 9 heteroatoms. The summed E-state index contributed by atoms with van der Waals surface area (Å²) in [5, 5.41) is 15.0. The summed E-state index contributed by atoms with van der Waals surface area (Å²) in [6.07, 6.45) is 1.79. The summed E-state index contributed by atoms with van der Waals surface area (Å²) in [5.74, 6) is -0.323. The molecular formula is C27H28N8O. The van der Waals surface area contributed by atoms with Crippen LogP contribution in [0.5, 0.6) is 0 Å². The minimum atomic E-state index is -0.211. The summed E-state index contributed by atoms with van der Waals surface area (Å²) in [7, 11) is 4.02. The largest absolute Gasteiger partial charge is 0.378 e.